The highest BCUT2D eigenvalue weighted by Gasteiger charge is 2.12. The van der Waals surface area contributed by atoms with Gasteiger partial charge in [-0.05, 0) is 12.8 Å². The molecule has 1 aromatic heterocycles. The summed E-state index contributed by atoms with van der Waals surface area (Å²) < 4.78 is 25.1. The first kappa shape index (κ1) is 12.3. The third kappa shape index (κ3) is 4.10. The lowest BCUT2D eigenvalue weighted by Gasteiger charge is -2.02. The standard InChI is InChI=1S/C7H13N3O3S2/c1-2-6-8-9-7(14-6)10-15(12,13)5-3-4-11/h11H,2-5H2,1H3,(H,9,10). The van der Waals surface area contributed by atoms with Gasteiger partial charge in [0.05, 0.1) is 5.75 Å². The molecular weight excluding hydrogens is 238 g/mol. The van der Waals surface area contributed by atoms with Crippen LogP contribution < -0.4 is 4.72 Å². The molecule has 0 unspecified atom stereocenters. The maximum atomic E-state index is 11.4. The van der Waals surface area contributed by atoms with E-state index in [4.69, 9.17) is 5.11 Å². The zero-order valence-corrected chi connectivity index (χ0v) is 9.94. The summed E-state index contributed by atoms with van der Waals surface area (Å²) in [5.74, 6) is -0.107. The minimum atomic E-state index is -3.39. The van der Waals surface area contributed by atoms with E-state index in [9.17, 15) is 8.42 Å². The Morgan fingerprint density at radius 2 is 2.20 bits per heavy atom. The first-order valence-electron chi connectivity index (χ1n) is 4.51. The van der Waals surface area contributed by atoms with E-state index in [-0.39, 0.29) is 23.9 Å². The number of rotatable bonds is 6. The van der Waals surface area contributed by atoms with Crippen LogP contribution >= 0.6 is 11.3 Å². The van der Waals surface area contributed by atoms with Crippen molar-refractivity contribution in [2.75, 3.05) is 17.1 Å². The van der Waals surface area contributed by atoms with E-state index in [1.807, 2.05) is 6.92 Å². The van der Waals surface area contributed by atoms with E-state index in [0.29, 0.717) is 0 Å². The average Bonchev–Trinajstić information content (AvgIpc) is 2.62. The van der Waals surface area contributed by atoms with Gasteiger partial charge in [0.15, 0.2) is 0 Å². The normalized spacial score (nSPS) is 11.6. The molecule has 1 rings (SSSR count). The van der Waals surface area contributed by atoms with Crippen LogP contribution in [0.3, 0.4) is 0 Å². The minimum absolute atomic E-state index is 0.107. The van der Waals surface area contributed by atoms with Crippen molar-refractivity contribution in [2.24, 2.45) is 0 Å². The summed E-state index contributed by atoms with van der Waals surface area (Å²) in [6.45, 7) is 1.78. The van der Waals surface area contributed by atoms with Crippen LogP contribution in [0.1, 0.15) is 18.4 Å². The first-order valence-corrected chi connectivity index (χ1v) is 6.98. The largest absolute Gasteiger partial charge is 0.396 e. The maximum absolute atomic E-state index is 11.4. The summed E-state index contributed by atoms with van der Waals surface area (Å²) in [6, 6.07) is 0. The van der Waals surface area contributed by atoms with Crippen molar-refractivity contribution in [2.45, 2.75) is 19.8 Å². The first-order chi connectivity index (χ1) is 7.07. The van der Waals surface area contributed by atoms with E-state index in [1.165, 1.54) is 11.3 Å². The number of sulfonamides is 1. The Bertz CT molecular complexity index is 401. The second kappa shape index (κ2) is 5.38. The lowest BCUT2D eigenvalue weighted by atomic mass is 10.5. The van der Waals surface area contributed by atoms with Gasteiger partial charge in [-0.2, -0.15) is 0 Å². The van der Waals surface area contributed by atoms with Crippen LogP contribution in [0.4, 0.5) is 5.13 Å². The average molecular weight is 251 g/mol. The summed E-state index contributed by atoms with van der Waals surface area (Å²) in [4.78, 5) is 0. The monoisotopic (exact) mass is 251 g/mol. The van der Waals surface area contributed by atoms with Crippen LogP contribution in [0.5, 0.6) is 0 Å². The van der Waals surface area contributed by atoms with Gasteiger partial charge < -0.3 is 5.11 Å². The minimum Gasteiger partial charge on any atom is -0.396 e. The summed E-state index contributed by atoms with van der Waals surface area (Å²) in [7, 11) is -3.39. The second-order valence-corrected chi connectivity index (χ2v) is 5.76. The van der Waals surface area contributed by atoms with Gasteiger partial charge in [0.1, 0.15) is 5.01 Å². The maximum Gasteiger partial charge on any atom is 0.234 e. The molecule has 0 bridgehead atoms. The van der Waals surface area contributed by atoms with Crippen molar-refractivity contribution in [1.82, 2.24) is 10.2 Å². The molecule has 1 aromatic rings. The molecule has 8 heteroatoms. The fourth-order valence-electron chi connectivity index (χ4n) is 0.876. The number of aliphatic hydroxyl groups excluding tert-OH is 1. The van der Waals surface area contributed by atoms with Gasteiger partial charge in [0.25, 0.3) is 0 Å². The van der Waals surface area contributed by atoms with E-state index < -0.39 is 10.0 Å². The fourth-order valence-corrected chi connectivity index (χ4v) is 2.87. The second-order valence-electron chi connectivity index (χ2n) is 2.85. The quantitative estimate of drug-likeness (QED) is 0.754. The van der Waals surface area contributed by atoms with Crippen molar-refractivity contribution in [1.29, 1.82) is 0 Å². The molecule has 0 saturated carbocycles. The third-order valence-electron chi connectivity index (χ3n) is 1.58. The van der Waals surface area contributed by atoms with Crippen LogP contribution in [-0.2, 0) is 16.4 Å². The number of aryl methyl sites for hydroxylation is 1. The smallest absolute Gasteiger partial charge is 0.234 e. The molecule has 0 saturated heterocycles. The molecule has 6 nitrogen and oxygen atoms in total. The number of anilines is 1. The number of hydrogen-bond acceptors (Lipinski definition) is 6. The fraction of sp³-hybridized carbons (Fsp3) is 0.714. The zero-order chi connectivity index (χ0) is 11.3. The SMILES string of the molecule is CCc1nnc(NS(=O)(=O)CCCO)s1. The lowest BCUT2D eigenvalue weighted by molar-refractivity contribution is 0.295. The molecule has 0 radical (unpaired) electrons. The Kier molecular flexibility index (Phi) is 4.43. The van der Waals surface area contributed by atoms with Gasteiger partial charge in [0, 0.05) is 6.61 Å². The van der Waals surface area contributed by atoms with E-state index >= 15 is 0 Å². The molecule has 0 fully saturated rings. The van der Waals surface area contributed by atoms with Gasteiger partial charge in [-0.3, -0.25) is 4.72 Å². The molecule has 0 spiro atoms. The predicted molar refractivity (Wildman–Crippen MR) is 58.4 cm³/mol. The Balaban J connectivity index is 2.60. The summed E-state index contributed by atoms with van der Waals surface area (Å²) in [5.41, 5.74) is 0. The summed E-state index contributed by atoms with van der Waals surface area (Å²) in [5, 5.41) is 17.1. The number of aromatic nitrogens is 2. The molecule has 86 valence electrons. The van der Waals surface area contributed by atoms with Crippen molar-refractivity contribution < 1.29 is 13.5 Å². The van der Waals surface area contributed by atoms with Gasteiger partial charge in [-0.15, -0.1) is 10.2 Å². The Morgan fingerprint density at radius 3 is 2.73 bits per heavy atom. The van der Waals surface area contributed by atoms with E-state index in [1.54, 1.807) is 0 Å². The van der Waals surface area contributed by atoms with E-state index in [2.05, 4.69) is 14.9 Å². The molecule has 0 aliphatic heterocycles. The molecule has 0 atom stereocenters. The van der Waals surface area contributed by atoms with Crippen LogP contribution in [0, 0.1) is 0 Å². The topological polar surface area (TPSA) is 92.2 Å². The third-order valence-corrected chi connectivity index (χ3v) is 4.03. The van der Waals surface area contributed by atoms with Gasteiger partial charge >= 0.3 is 0 Å². The molecule has 1 heterocycles. The van der Waals surface area contributed by atoms with Crippen molar-refractivity contribution in [3.05, 3.63) is 5.01 Å². The highest BCUT2D eigenvalue weighted by Crippen LogP contribution is 2.16. The molecule has 0 aliphatic carbocycles. The summed E-state index contributed by atoms with van der Waals surface area (Å²) >= 11 is 1.22. The molecule has 0 aromatic carbocycles. The Labute approximate surface area is 92.4 Å². The molecule has 0 aliphatic rings. The molecule has 2 N–H and O–H groups in total. The highest BCUT2D eigenvalue weighted by molar-refractivity contribution is 7.92. The molecular formula is C7H13N3O3S2. The number of nitrogens with one attached hydrogen (secondary N) is 1. The van der Waals surface area contributed by atoms with Crippen LogP contribution in [-0.4, -0.2) is 36.1 Å². The highest BCUT2D eigenvalue weighted by atomic mass is 32.2. The Hall–Kier alpha value is -0.730. The van der Waals surface area contributed by atoms with E-state index in [0.717, 1.165) is 11.4 Å². The predicted octanol–water partition coefficient (Wildman–Crippen LogP) is 0.225. The molecule has 15 heavy (non-hydrogen) atoms. The van der Waals surface area contributed by atoms with Crippen molar-refractivity contribution >= 4 is 26.5 Å². The number of aliphatic hydroxyl groups is 1. The zero-order valence-electron chi connectivity index (χ0n) is 8.30. The van der Waals surface area contributed by atoms with Crippen molar-refractivity contribution in [3.8, 4) is 0 Å². The van der Waals surface area contributed by atoms with Crippen LogP contribution in [0.2, 0.25) is 0 Å². The number of nitrogens with zero attached hydrogens (tertiary/aromatic N) is 2. The van der Waals surface area contributed by atoms with Crippen molar-refractivity contribution in [3.63, 3.8) is 0 Å². The Morgan fingerprint density at radius 1 is 1.47 bits per heavy atom. The van der Waals surface area contributed by atoms with Gasteiger partial charge in [-0.1, -0.05) is 18.3 Å². The van der Waals surface area contributed by atoms with Crippen LogP contribution in [0.15, 0.2) is 0 Å². The van der Waals surface area contributed by atoms with Crippen LogP contribution in [0.25, 0.3) is 0 Å². The van der Waals surface area contributed by atoms with Gasteiger partial charge in [0.2, 0.25) is 15.2 Å². The number of hydrogen-bond donors (Lipinski definition) is 2. The summed E-state index contributed by atoms with van der Waals surface area (Å²) in [6.07, 6.45) is 0.949. The molecule has 0 amide bonds. The lowest BCUT2D eigenvalue weighted by Crippen LogP contribution is -2.17. The van der Waals surface area contributed by atoms with Gasteiger partial charge in [-0.25, -0.2) is 8.42 Å².